The Kier molecular flexibility index (Phi) is 7.88. The van der Waals surface area contributed by atoms with Gasteiger partial charge in [0.15, 0.2) is 11.0 Å². The van der Waals surface area contributed by atoms with Crippen molar-refractivity contribution in [2.24, 2.45) is 0 Å². The largest absolute Gasteiger partial charge is 0.495 e. The number of ether oxygens (including phenoxy) is 2. The zero-order valence-corrected chi connectivity index (χ0v) is 22.1. The molecule has 3 aromatic carbocycles. The van der Waals surface area contributed by atoms with Gasteiger partial charge >= 0.3 is 0 Å². The molecule has 39 heavy (non-hydrogen) atoms. The number of fused-ring (bicyclic) bond motifs is 1. The average molecular weight is 544 g/mol. The average Bonchev–Trinajstić information content (AvgIpc) is 3.40. The Morgan fingerprint density at radius 2 is 1.79 bits per heavy atom. The summed E-state index contributed by atoms with van der Waals surface area (Å²) < 4.78 is 17.7. The lowest BCUT2D eigenvalue weighted by Gasteiger charge is -2.13. The molecule has 198 valence electrons. The predicted molar refractivity (Wildman–Crippen MR) is 148 cm³/mol. The Labute approximate surface area is 228 Å². The summed E-state index contributed by atoms with van der Waals surface area (Å²) in [7, 11) is 1.54. The van der Waals surface area contributed by atoms with Crippen LogP contribution in [0.2, 0.25) is 0 Å². The number of carbonyl (C=O) groups is 1. The number of amides is 1. The number of anilines is 1. The van der Waals surface area contributed by atoms with Gasteiger partial charge in [0.2, 0.25) is 11.8 Å². The molecule has 0 bridgehead atoms. The fraction of sp³-hybridized carbons (Fsp3) is 0.179. The SMILES string of the molecule is CCOc1ccc(-n2c(SCc3nc(CC(=O)Nc4ccccc4OC)no3)nc3ccccc3c2=O)cc1. The van der Waals surface area contributed by atoms with Crippen LogP contribution < -0.4 is 20.3 Å². The summed E-state index contributed by atoms with van der Waals surface area (Å²) in [5, 5.41) is 7.70. The molecule has 2 heterocycles. The Morgan fingerprint density at radius 3 is 2.59 bits per heavy atom. The molecule has 10 nitrogen and oxygen atoms in total. The molecule has 11 heteroatoms. The Morgan fingerprint density at radius 1 is 1.03 bits per heavy atom. The van der Waals surface area contributed by atoms with Crippen LogP contribution in [0.1, 0.15) is 18.6 Å². The van der Waals surface area contributed by atoms with E-state index in [2.05, 4.69) is 15.5 Å². The summed E-state index contributed by atoms with van der Waals surface area (Å²) in [6.45, 7) is 2.46. The van der Waals surface area contributed by atoms with Crippen molar-refractivity contribution in [1.82, 2.24) is 19.7 Å². The second-order valence-corrected chi connectivity index (χ2v) is 9.24. The fourth-order valence-electron chi connectivity index (χ4n) is 3.93. The van der Waals surface area contributed by atoms with Crippen LogP contribution >= 0.6 is 11.8 Å². The van der Waals surface area contributed by atoms with Crippen LogP contribution in [-0.4, -0.2) is 39.3 Å². The van der Waals surface area contributed by atoms with Gasteiger partial charge in [0.1, 0.15) is 11.5 Å². The highest BCUT2D eigenvalue weighted by Crippen LogP contribution is 2.26. The van der Waals surface area contributed by atoms with E-state index in [0.29, 0.717) is 51.4 Å². The molecule has 0 aliphatic rings. The van der Waals surface area contributed by atoms with Crippen molar-refractivity contribution < 1.29 is 18.8 Å². The molecule has 0 saturated heterocycles. The van der Waals surface area contributed by atoms with Gasteiger partial charge < -0.3 is 19.3 Å². The number of carbonyl (C=O) groups excluding carboxylic acids is 1. The lowest BCUT2D eigenvalue weighted by Crippen LogP contribution is -2.21. The Hall–Kier alpha value is -4.64. The molecule has 1 N–H and O–H groups in total. The van der Waals surface area contributed by atoms with Crippen molar-refractivity contribution in [2.75, 3.05) is 19.0 Å². The minimum atomic E-state index is -0.306. The molecule has 0 radical (unpaired) electrons. The molecule has 1 amide bonds. The second-order valence-electron chi connectivity index (χ2n) is 8.30. The first-order valence-corrected chi connectivity index (χ1v) is 13.2. The third-order valence-corrected chi connectivity index (χ3v) is 6.61. The lowest BCUT2D eigenvalue weighted by molar-refractivity contribution is -0.115. The monoisotopic (exact) mass is 543 g/mol. The molecule has 0 spiro atoms. The summed E-state index contributed by atoms with van der Waals surface area (Å²) >= 11 is 1.29. The Balaban J connectivity index is 1.34. The van der Waals surface area contributed by atoms with E-state index in [9.17, 15) is 9.59 Å². The molecule has 5 aromatic rings. The molecule has 0 unspecified atom stereocenters. The van der Waals surface area contributed by atoms with E-state index in [0.717, 1.165) is 0 Å². The standard InChI is InChI=1S/C28H25N5O5S/c1-3-37-19-14-12-18(13-15-19)33-27(35)20-8-4-5-9-21(20)30-28(33)39-17-26-31-24(32-38-26)16-25(34)29-22-10-6-7-11-23(22)36-2/h4-15H,3,16-17H2,1-2H3,(H,29,34). The van der Waals surface area contributed by atoms with Crippen molar-refractivity contribution in [3.8, 4) is 17.2 Å². The predicted octanol–water partition coefficient (Wildman–Crippen LogP) is 4.65. The number of thioether (sulfide) groups is 1. The topological polar surface area (TPSA) is 121 Å². The van der Waals surface area contributed by atoms with Crippen molar-refractivity contribution in [3.63, 3.8) is 0 Å². The lowest BCUT2D eigenvalue weighted by atomic mass is 10.2. The molecule has 0 aliphatic heterocycles. The van der Waals surface area contributed by atoms with Crippen LogP contribution in [0.4, 0.5) is 5.69 Å². The normalized spacial score (nSPS) is 10.9. The van der Waals surface area contributed by atoms with Crippen LogP contribution in [0.3, 0.4) is 0 Å². The Bertz CT molecular complexity index is 1670. The van der Waals surface area contributed by atoms with Gasteiger partial charge in [-0.3, -0.25) is 14.2 Å². The van der Waals surface area contributed by atoms with Gasteiger partial charge in [-0.15, -0.1) is 0 Å². The minimum absolute atomic E-state index is 0.0721. The second kappa shape index (κ2) is 11.8. The van der Waals surface area contributed by atoms with E-state index in [4.69, 9.17) is 19.0 Å². The van der Waals surface area contributed by atoms with E-state index in [1.807, 2.05) is 49.4 Å². The van der Waals surface area contributed by atoms with E-state index in [1.165, 1.54) is 18.9 Å². The highest BCUT2D eigenvalue weighted by molar-refractivity contribution is 7.98. The third-order valence-electron chi connectivity index (χ3n) is 5.69. The van der Waals surface area contributed by atoms with Gasteiger partial charge in [-0.2, -0.15) is 4.98 Å². The number of benzene rings is 3. The van der Waals surface area contributed by atoms with Crippen LogP contribution in [0.5, 0.6) is 11.5 Å². The molecule has 5 rings (SSSR count). The number of para-hydroxylation sites is 3. The summed E-state index contributed by atoms with van der Waals surface area (Å²) in [4.78, 5) is 35.1. The number of nitrogens with zero attached hydrogens (tertiary/aromatic N) is 4. The number of hydrogen-bond acceptors (Lipinski definition) is 9. The summed E-state index contributed by atoms with van der Waals surface area (Å²) in [6, 6.07) is 21.6. The first-order valence-electron chi connectivity index (χ1n) is 12.2. The first-order chi connectivity index (χ1) is 19.1. The molecule has 0 atom stereocenters. The van der Waals surface area contributed by atoms with Crippen molar-refractivity contribution in [1.29, 1.82) is 0 Å². The number of methoxy groups -OCH3 is 1. The number of aromatic nitrogens is 4. The molecular formula is C28H25N5O5S. The quantitative estimate of drug-likeness (QED) is 0.198. The van der Waals surface area contributed by atoms with Crippen molar-refractivity contribution in [2.45, 2.75) is 24.3 Å². The maximum Gasteiger partial charge on any atom is 0.266 e. The molecule has 0 saturated carbocycles. The summed E-state index contributed by atoms with van der Waals surface area (Å²) in [5.74, 6) is 1.76. The zero-order valence-electron chi connectivity index (χ0n) is 21.3. The molecule has 2 aromatic heterocycles. The fourth-order valence-corrected chi connectivity index (χ4v) is 4.78. The molecule has 0 aliphatic carbocycles. The smallest absolute Gasteiger partial charge is 0.266 e. The van der Waals surface area contributed by atoms with Gasteiger partial charge in [0.05, 0.1) is 48.2 Å². The molecule has 0 fully saturated rings. The number of nitrogens with one attached hydrogen (secondary N) is 1. The first kappa shape index (κ1) is 26.0. The third kappa shape index (κ3) is 5.93. The van der Waals surface area contributed by atoms with Crippen LogP contribution in [0.15, 0.2) is 87.3 Å². The maximum atomic E-state index is 13.5. The van der Waals surface area contributed by atoms with E-state index < -0.39 is 0 Å². The van der Waals surface area contributed by atoms with Gasteiger partial charge in [-0.05, 0) is 55.5 Å². The summed E-state index contributed by atoms with van der Waals surface area (Å²) in [5.41, 5.74) is 1.61. The van der Waals surface area contributed by atoms with Crippen LogP contribution in [0, 0.1) is 0 Å². The molecular weight excluding hydrogens is 518 g/mol. The minimum Gasteiger partial charge on any atom is -0.495 e. The summed E-state index contributed by atoms with van der Waals surface area (Å²) in [6.07, 6.45) is -0.0721. The van der Waals surface area contributed by atoms with E-state index in [1.54, 1.807) is 34.9 Å². The zero-order chi connectivity index (χ0) is 27.2. The number of rotatable bonds is 10. The van der Waals surface area contributed by atoms with Gasteiger partial charge in [0, 0.05) is 0 Å². The van der Waals surface area contributed by atoms with Crippen LogP contribution in [0.25, 0.3) is 16.6 Å². The highest BCUT2D eigenvalue weighted by atomic mass is 32.2. The van der Waals surface area contributed by atoms with Gasteiger partial charge in [-0.1, -0.05) is 41.2 Å². The van der Waals surface area contributed by atoms with Crippen molar-refractivity contribution in [3.05, 3.63) is 94.9 Å². The number of hydrogen-bond donors (Lipinski definition) is 1. The maximum absolute atomic E-state index is 13.5. The van der Waals surface area contributed by atoms with Crippen molar-refractivity contribution >= 4 is 34.3 Å². The van der Waals surface area contributed by atoms with Gasteiger partial charge in [-0.25, -0.2) is 4.98 Å². The van der Waals surface area contributed by atoms with E-state index >= 15 is 0 Å². The van der Waals surface area contributed by atoms with Gasteiger partial charge in [0.25, 0.3) is 5.56 Å². The van der Waals surface area contributed by atoms with E-state index in [-0.39, 0.29) is 29.5 Å². The van der Waals surface area contributed by atoms with Crippen LogP contribution in [-0.2, 0) is 17.0 Å². The highest BCUT2D eigenvalue weighted by Gasteiger charge is 2.17.